The molecule has 0 fully saturated rings. The lowest BCUT2D eigenvalue weighted by Crippen LogP contribution is -2.40. The molecule has 5 rings (SSSR count). The molecule has 186 valence electrons. The van der Waals surface area contributed by atoms with Crippen LogP contribution in [0.2, 0.25) is 0 Å². The molecule has 0 amide bonds. The Morgan fingerprint density at radius 2 is 1.86 bits per heavy atom. The third kappa shape index (κ3) is 4.19. The van der Waals surface area contributed by atoms with Crippen molar-refractivity contribution in [1.82, 2.24) is 4.57 Å². The summed E-state index contributed by atoms with van der Waals surface area (Å²) < 4.78 is 23.9. The van der Waals surface area contributed by atoms with Crippen molar-refractivity contribution in [3.63, 3.8) is 0 Å². The van der Waals surface area contributed by atoms with E-state index >= 15 is 0 Å². The maximum absolute atomic E-state index is 13.8. The van der Waals surface area contributed by atoms with Crippen LogP contribution in [0.1, 0.15) is 43.5 Å². The van der Waals surface area contributed by atoms with E-state index < -0.39 is 12.0 Å². The van der Waals surface area contributed by atoms with E-state index in [9.17, 15) is 9.59 Å². The summed E-state index contributed by atoms with van der Waals surface area (Å²) >= 11 is 1.28. The topological polar surface area (TPSA) is 88.4 Å². The second-order valence-corrected chi connectivity index (χ2v) is 9.88. The number of methoxy groups -OCH3 is 1. The van der Waals surface area contributed by atoms with Crippen LogP contribution in [0.3, 0.4) is 0 Å². The van der Waals surface area contributed by atoms with Crippen molar-refractivity contribution < 1.29 is 23.7 Å². The average Bonchev–Trinajstić information content (AvgIpc) is 3.41. The Balaban J connectivity index is 1.69. The highest BCUT2D eigenvalue weighted by molar-refractivity contribution is 7.07. The van der Waals surface area contributed by atoms with Crippen molar-refractivity contribution in [3.05, 3.63) is 84.0 Å². The molecule has 3 heterocycles. The fourth-order valence-corrected chi connectivity index (χ4v) is 5.36. The number of carbonyl (C=O) groups is 1. The number of hydrogen-bond acceptors (Lipinski definition) is 8. The molecule has 8 nitrogen and oxygen atoms in total. The Hall–Kier alpha value is -3.85. The summed E-state index contributed by atoms with van der Waals surface area (Å²) in [5.74, 6) is 1.52. The summed E-state index contributed by atoms with van der Waals surface area (Å²) in [5.41, 5.74) is 3.18. The second kappa shape index (κ2) is 9.31. The average molecular weight is 507 g/mol. The highest BCUT2D eigenvalue weighted by Crippen LogP contribution is 2.35. The molecular formula is C27H26N2O6S. The molecule has 0 bridgehead atoms. The van der Waals surface area contributed by atoms with Gasteiger partial charge in [0.25, 0.3) is 5.56 Å². The molecule has 0 spiro atoms. The zero-order chi connectivity index (χ0) is 25.6. The Morgan fingerprint density at radius 3 is 2.53 bits per heavy atom. The first-order chi connectivity index (χ1) is 17.3. The van der Waals surface area contributed by atoms with Gasteiger partial charge in [0.05, 0.1) is 35.1 Å². The lowest BCUT2D eigenvalue weighted by molar-refractivity contribution is -0.143. The first-order valence-corrected chi connectivity index (χ1v) is 12.4. The number of esters is 1. The van der Waals surface area contributed by atoms with Crippen LogP contribution in [-0.2, 0) is 9.53 Å². The van der Waals surface area contributed by atoms with Gasteiger partial charge in [-0.15, -0.1) is 0 Å². The van der Waals surface area contributed by atoms with E-state index in [0.29, 0.717) is 37.9 Å². The van der Waals surface area contributed by atoms with E-state index in [0.717, 1.165) is 16.7 Å². The standard InChI is InChI=1S/C27H26N2O6S/c1-14(2)35-26(31)23-16(4)28-27-29(24(23)17-6-8-19(32-5)9-7-17)25(30)22(36-27)12-18-11-21-20(10-15(18)3)33-13-34-21/h6-12,14,24H,13H2,1-5H3/b22-12+. The van der Waals surface area contributed by atoms with E-state index in [1.54, 1.807) is 32.4 Å². The minimum Gasteiger partial charge on any atom is -0.497 e. The summed E-state index contributed by atoms with van der Waals surface area (Å²) in [7, 11) is 1.59. The number of allylic oxidation sites excluding steroid dienone is 1. The van der Waals surface area contributed by atoms with E-state index in [2.05, 4.69) is 4.99 Å². The lowest BCUT2D eigenvalue weighted by atomic mass is 9.96. The van der Waals surface area contributed by atoms with Crippen molar-refractivity contribution in [2.75, 3.05) is 13.9 Å². The molecule has 0 N–H and O–H groups in total. The molecule has 9 heteroatoms. The Morgan fingerprint density at radius 1 is 1.17 bits per heavy atom. The quantitative estimate of drug-likeness (QED) is 0.494. The van der Waals surface area contributed by atoms with Gasteiger partial charge in [-0.2, -0.15) is 0 Å². The maximum Gasteiger partial charge on any atom is 0.338 e. The third-order valence-corrected chi connectivity index (χ3v) is 7.05. The minimum atomic E-state index is -0.682. The monoisotopic (exact) mass is 506 g/mol. The van der Waals surface area contributed by atoms with Crippen molar-refractivity contribution >= 4 is 23.4 Å². The van der Waals surface area contributed by atoms with Crippen LogP contribution in [0, 0.1) is 6.92 Å². The fourth-order valence-electron chi connectivity index (χ4n) is 4.32. The fraction of sp³-hybridized carbons (Fsp3) is 0.296. The smallest absolute Gasteiger partial charge is 0.338 e. The van der Waals surface area contributed by atoms with E-state index in [4.69, 9.17) is 18.9 Å². The number of thiazole rings is 1. The first-order valence-electron chi connectivity index (χ1n) is 11.5. The molecule has 3 aromatic rings. The Kier molecular flexibility index (Phi) is 6.17. The second-order valence-electron chi connectivity index (χ2n) is 8.87. The zero-order valence-corrected chi connectivity index (χ0v) is 21.5. The molecule has 0 aliphatic carbocycles. The normalized spacial score (nSPS) is 16.7. The van der Waals surface area contributed by atoms with Crippen molar-refractivity contribution in [2.24, 2.45) is 4.99 Å². The summed E-state index contributed by atoms with van der Waals surface area (Å²) in [5, 5.41) is 0. The molecule has 0 saturated carbocycles. The number of fused-ring (bicyclic) bond motifs is 2. The van der Waals surface area contributed by atoms with Gasteiger partial charge >= 0.3 is 5.97 Å². The number of rotatable bonds is 5. The summed E-state index contributed by atoms with van der Waals surface area (Å²) in [6.07, 6.45) is 1.52. The van der Waals surface area contributed by atoms with Gasteiger partial charge in [0, 0.05) is 0 Å². The summed E-state index contributed by atoms with van der Waals surface area (Å²) in [6.45, 7) is 7.48. The van der Waals surface area contributed by atoms with Crippen molar-refractivity contribution in [2.45, 2.75) is 39.8 Å². The van der Waals surface area contributed by atoms with Crippen molar-refractivity contribution in [1.29, 1.82) is 0 Å². The number of hydrogen-bond donors (Lipinski definition) is 0. The summed E-state index contributed by atoms with van der Waals surface area (Å²) in [6, 6.07) is 10.4. The molecule has 36 heavy (non-hydrogen) atoms. The molecule has 0 saturated heterocycles. The van der Waals surface area contributed by atoms with Crippen LogP contribution in [0.15, 0.2) is 57.5 Å². The van der Waals surface area contributed by atoms with Crippen LogP contribution in [-0.4, -0.2) is 30.5 Å². The SMILES string of the molecule is COc1ccc(C2C(C(=O)OC(C)C)=C(C)N=c3s/c(=C/c4cc5c(cc4C)OCO5)c(=O)n32)cc1. The van der Waals surface area contributed by atoms with Gasteiger partial charge in [-0.3, -0.25) is 9.36 Å². The van der Waals surface area contributed by atoms with Gasteiger partial charge in [0.15, 0.2) is 16.3 Å². The maximum atomic E-state index is 13.8. The van der Waals surface area contributed by atoms with Crippen LogP contribution < -0.4 is 29.1 Å². The number of ether oxygens (including phenoxy) is 4. The van der Waals surface area contributed by atoms with Gasteiger partial charge in [-0.05, 0) is 74.7 Å². The summed E-state index contributed by atoms with van der Waals surface area (Å²) in [4.78, 5) is 32.1. The van der Waals surface area contributed by atoms with Gasteiger partial charge in [0.2, 0.25) is 6.79 Å². The number of benzene rings is 2. The highest BCUT2D eigenvalue weighted by Gasteiger charge is 2.33. The molecule has 2 aliphatic heterocycles. The first kappa shape index (κ1) is 23.9. The molecule has 1 aromatic heterocycles. The van der Waals surface area contributed by atoms with Crippen LogP contribution in [0.25, 0.3) is 6.08 Å². The van der Waals surface area contributed by atoms with Crippen LogP contribution >= 0.6 is 11.3 Å². The molecular weight excluding hydrogens is 480 g/mol. The minimum absolute atomic E-state index is 0.177. The predicted octanol–water partition coefficient (Wildman–Crippen LogP) is 3.23. The largest absolute Gasteiger partial charge is 0.497 e. The lowest BCUT2D eigenvalue weighted by Gasteiger charge is -2.25. The number of aryl methyl sites for hydroxylation is 1. The molecule has 1 atom stereocenters. The molecule has 0 radical (unpaired) electrons. The Bertz CT molecular complexity index is 1560. The number of aromatic nitrogens is 1. The van der Waals surface area contributed by atoms with E-state index in [1.807, 2.05) is 49.4 Å². The van der Waals surface area contributed by atoms with E-state index in [-0.39, 0.29) is 18.5 Å². The van der Waals surface area contributed by atoms with Gasteiger partial charge < -0.3 is 18.9 Å². The van der Waals surface area contributed by atoms with Gasteiger partial charge in [-0.25, -0.2) is 9.79 Å². The number of carbonyl (C=O) groups excluding carboxylic acids is 1. The third-order valence-electron chi connectivity index (χ3n) is 6.06. The number of nitrogens with zero attached hydrogens (tertiary/aromatic N) is 2. The van der Waals surface area contributed by atoms with Crippen LogP contribution in [0.5, 0.6) is 17.2 Å². The molecule has 2 aliphatic rings. The molecule has 2 aromatic carbocycles. The van der Waals surface area contributed by atoms with E-state index in [1.165, 1.54) is 11.3 Å². The zero-order valence-electron chi connectivity index (χ0n) is 20.7. The Labute approximate surface area is 211 Å². The van der Waals surface area contributed by atoms with Gasteiger partial charge in [-0.1, -0.05) is 23.5 Å². The van der Waals surface area contributed by atoms with Crippen LogP contribution in [0.4, 0.5) is 0 Å². The predicted molar refractivity (Wildman–Crippen MR) is 135 cm³/mol. The highest BCUT2D eigenvalue weighted by atomic mass is 32.1. The van der Waals surface area contributed by atoms with Gasteiger partial charge in [0.1, 0.15) is 5.75 Å². The molecule has 1 unspecified atom stereocenters. The van der Waals surface area contributed by atoms with Crippen molar-refractivity contribution in [3.8, 4) is 17.2 Å².